The lowest BCUT2D eigenvalue weighted by molar-refractivity contribution is -0.384. The minimum atomic E-state index is -0.458. The molecule has 0 radical (unpaired) electrons. The Morgan fingerprint density at radius 3 is 2.41 bits per heavy atom. The number of piperazine rings is 1. The lowest BCUT2D eigenvalue weighted by atomic mass is 10.2. The molecule has 1 saturated heterocycles. The molecule has 0 saturated carbocycles. The number of amides is 1. The Morgan fingerprint density at radius 1 is 1.23 bits per heavy atom. The Bertz CT molecular complexity index is 515. The predicted molar refractivity (Wildman–Crippen MR) is 85.1 cm³/mol. The van der Waals surface area contributed by atoms with Crippen LogP contribution in [-0.4, -0.2) is 59.3 Å². The highest BCUT2D eigenvalue weighted by Gasteiger charge is 2.21. The van der Waals surface area contributed by atoms with E-state index in [9.17, 15) is 14.9 Å². The standard InChI is InChI=1S/C14H19N3O4S/c18-14(16-7-5-15(6-8-16)9-10-22)21-11-12-1-3-13(4-2-12)17(19)20/h1-4,22H,5-11H2. The molecule has 0 aromatic heterocycles. The average molecular weight is 325 g/mol. The number of nitro benzene ring substituents is 1. The van der Waals surface area contributed by atoms with Crippen molar-refractivity contribution in [2.24, 2.45) is 0 Å². The number of carbonyl (C=O) groups excluding carboxylic acids is 1. The molecule has 1 aromatic rings. The van der Waals surface area contributed by atoms with Gasteiger partial charge < -0.3 is 9.64 Å². The van der Waals surface area contributed by atoms with E-state index in [1.165, 1.54) is 12.1 Å². The Balaban J connectivity index is 1.77. The zero-order valence-electron chi connectivity index (χ0n) is 12.2. The van der Waals surface area contributed by atoms with Crippen LogP contribution in [0.5, 0.6) is 0 Å². The summed E-state index contributed by atoms with van der Waals surface area (Å²) >= 11 is 4.20. The van der Waals surface area contributed by atoms with Crippen molar-refractivity contribution in [2.45, 2.75) is 6.61 Å². The molecule has 120 valence electrons. The second-order valence-electron chi connectivity index (χ2n) is 5.03. The Labute approximate surface area is 134 Å². The maximum atomic E-state index is 12.0. The van der Waals surface area contributed by atoms with Gasteiger partial charge in [0.25, 0.3) is 5.69 Å². The normalized spacial score (nSPS) is 15.6. The summed E-state index contributed by atoms with van der Waals surface area (Å²) in [6.45, 7) is 3.99. The van der Waals surface area contributed by atoms with E-state index in [4.69, 9.17) is 4.74 Å². The summed E-state index contributed by atoms with van der Waals surface area (Å²) < 4.78 is 5.25. The highest BCUT2D eigenvalue weighted by molar-refractivity contribution is 7.80. The zero-order valence-corrected chi connectivity index (χ0v) is 13.1. The molecule has 22 heavy (non-hydrogen) atoms. The molecule has 0 spiro atoms. The van der Waals surface area contributed by atoms with Crippen molar-refractivity contribution < 1.29 is 14.5 Å². The van der Waals surface area contributed by atoms with Gasteiger partial charge in [-0.05, 0) is 17.7 Å². The summed E-state index contributed by atoms with van der Waals surface area (Å²) in [6, 6.07) is 5.99. The summed E-state index contributed by atoms with van der Waals surface area (Å²) in [4.78, 5) is 26.0. The molecular weight excluding hydrogens is 306 g/mol. The molecule has 7 nitrogen and oxygen atoms in total. The molecule has 1 aliphatic rings. The maximum Gasteiger partial charge on any atom is 0.410 e. The van der Waals surface area contributed by atoms with Gasteiger partial charge >= 0.3 is 6.09 Å². The van der Waals surface area contributed by atoms with Gasteiger partial charge in [0.05, 0.1) is 4.92 Å². The molecule has 1 aromatic carbocycles. The monoisotopic (exact) mass is 325 g/mol. The summed E-state index contributed by atoms with van der Waals surface area (Å²) in [7, 11) is 0. The molecule has 1 aliphatic heterocycles. The van der Waals surface area contributed by atoms with Crippen molar-refractivity contribution >= 4 is 24.4 Å². The van der Waals surface area contributed by atoms with E-state index in [1.807, 2.05) is 0 Å². The molecule has 8 heteroatoms. The van der Waals surface area contributed by atoms with E-state index in [0.29, 0.717) is 13.1 Å². The average Bonchev–Trinajstić information content (AvgIpc) is 2.54. The van der Waals surface area contributed by atoms with Crippen LogP contribution < -0.4 is 0 Å². The number of nitro groups is 1. The first-order chi connectivity index (χ1) is 10.6. The summed E-state index contributed by atoms with van der Waals surface area (Å²) in [5.41, 5.74) is 0.753. The number of nitrogens with zero attached hydrogens (tertiary/aromatic N) is 3. The summed E-state index contributed by atoms with van der Waals surface area (Å²) in [5.74, 6) is 0.810. The fraction of sp³-hybridized carbons (Fsp3) is 0.500. The van der Waals surface area contributed by atoms with Gasteiger partial charge in [0.2, 0.25) is 0 Å². The van der Waals surface area contributed by atoms with Gasteiger partial charge in [-0.25, -0.2) is 4.79 Å². The van der Waals surface area contributed by atoms with Crippen molar-refractivity contribution in [3.05, 3.63) is 39.9 Å². The first-order valence-electron chi connectivity index (χ1n) is 7.08. The molecule has 1 amide bonds. The Morgan fingerprint density at radius 2 is 1.86 bits per heavy atom. The van der Waals surface area contributed by atoms with Crippen molar-refractivity contribution in [1.82, 2.24) is 9.80 Å². The van der Waals surface area contributed by atoms with E-state index in [2.05, 4.69) is 17.5 Å². The maximum absolute atomic E-state index is 12.0. The number of hydrogen-bond acceptors (Lipinski definition) is 6. The molecular formula is C14H19N3O4S. The fourth-order valence-electron chi connectivity index (χ4n) is 2.25. The number of non-ortho nitro benzene ring substituents is 1. The van der Waals surface area contributed by atoms with Crippen LogP contribution in [0.2, 0.25) is 0 Å². The SMILES string of the molecule is O=C(OCc1ccc([N+](=O)[O-])cc1)N1CCN(CCS)CC1. The molecule has 2 rings (SSSR count). The van der Waals surface area contributed by atoms with Crippen molar-refractivity contribution in [3.63, 3.8) is 0 Å². The summed E-state index contributed by atoms with van der Waals surface area (Å²) in [6.07, 6.45) is -0.344. The topological polar surface area (TPSA) is 75.9 Å². The van der Waals surface area contributed by atoms with Gasteiger partial charge in [-0.15, -0.1) is 0 Å². The third kappa shape index (κ3) is 4.60. The number of hydrogen-bond donors (Lipinski definition) is 1. The van der Waals surface area contributed by atoms with Gasteiger partial charge in [-0.2, -0.15) is 12.6 Å². The van der Waals surface area contributed by atoms with Crippen LogP contribution in [0.25, 0.3) is 0 Å². The van der Waals surface area contributed by atoms with Crippen LogP contribution in [0, 0.1) is 10.1 Å². The van der Waals surface area contributed by atoms with Crippen LogP contribution in [-0.2, 0) is 11.3 Å². The number of thiol groups is 1. The van der Waals surface area contributed by atoms with Crippen LogP contribution in [0.15, 0.2) is 24.3 Å². The van der Waals surface area contributed by atoms with E-state index in [0.717, 1.165) is 31.0 Å². The van der Waals surface area contributed by atoms with E-state index < -0.39 is 4.92 Å². The predicted octanol–water partition coefficient (Wildman–Crippen LogP) is 1.78. The highest BCUT2D eigenvalue weighted by Crippen LogP contribution is 2.13. The lowest BCUT2D eigenvalue weighted by Gasteiger charge is -2.33. The number of rotatable bonds is 5. The van der Waals surface area contributed by atoms with Gasteiger partial charge in [-0.3, -0.25) is 15.0 Å². The molecule has 1 heterocycles. The van der Waals surface area contributed by atoms with Gasteiger partial charge in [-0.1, -0.05) is 0 Å². The third-order valence-electron chi connectivity index (χ3n) is 3.56. The van der Waals surface area contributed by atoms with Crippen LogP contribution >= 0.6 is 12.6 Å². The van der Waals surface area contributed by atoms with Crippen LogP contribution in [0.1, 0.15) is 5.56 Å². The molecule has 0 bridgehead atoms. The zero-order chi connectivity index (χ0) is 15.9. The van der Waals surface area contributed by atoms with E-state index in [1.54, 1.807) is 17.0 Å². The lowest BCUT2D eigenvalue weighted by Crippen LogP contribution is -2.49. The quantitative estimate of drug-likeness (QED) is 0.507. The smallest absolute Gasteiger partial charge is 0.410 e. The largest absolute Gasteiger partial charge is 0.445 e. The van der Waals surface area contributed by atoms with Crippen LogP contribution in [0.3, 0.4) is 0 Å². The van der Waals surface area contributed by atoms with Gasteiger partial charge in [0.1, 0.15) is 6.61 Å². The second-order valence-corrected chi connectivity index (χ2v) is 5.48. The van der Waals surface area contributed by atoms with Crippen molar-refractivity contribution in [2.75, 3.05) is 38.5 Å². The van der Waals surface area contributed by atoms with Crippen molar-refractivity contribution in [1.29, 1.82) is 0 Å². The van der Waals surface area contributed by atoms with E-state index >= 15 is 0 Å². The molecule has 0 unspecified atom stereocenters. The Hall–Kier alpha value is -1.80. The van der Waals surface area contributed by atoms with Gasteiger partial charge in [0.15, 0.2) is 0 Å². The second kappa shape index (κ2) is 8.00. The molecule has 0 atom stereocenters. The fourth-order valence-corrected chi connectivity index (χ4v) is 2.53. The Kier molecular flexibility index (Phi) is 6.02. The summed E-state index contributed by atoms with van der Waals surface area (Å²) in [5, 5.41) is 10.6. The number of carbonyl (C=O) groups is 1. The minimum absolute atomic E-state index is 0.0235. The molecule has 0 aliphatic carbocycles. The van der Waals surface area contributed by atoms with Crippen LogP contribution in [0.4, 0.5) is 10.5 Å². The van der Waals surface area contributed by atoms with Gasteiger partial charge in [0, 0.05) is 50.6 Å². The van der Waals surface area contributed by atoms with Crippen molar-refractivity contribution in [3.8, 4) is 0 Å². The first kappa shape index (κ1) is 16.6. The number of benzene rings is 1. The number of ether oxygens (including phenoxy) is 1. The first-order valence-corrected chi connectivity index (χ1v) is 7.71. The molecule has 0 N–H and O–H groups in total. The molecule has 1 fully saturated rings. The van der Waals surface area contributed by atoms with E-state index in [-0.39, 0.29) is 18.4 Å². The third-order valence-corrected chi connectivity index (χ3v) is 3.76. The minimum Gasteiger partial charge on any atom is -0.445 e. The highest BCUT2D eigenvalue weighted by atomic mass is 32.1.